The van der Waals surface area contributed by atoms with Gasteiger partial charge in [-0.15, -0.1) is 0 Å². The van der Waals surface area contributed by atoms with Gasteiger partial charge in [-0.1, -0.05) is 96.8 Å². The Kier molecular flexibility index (Phi) is 39.0. The average molecular weight is 421 g/mol. The fourth-order valence-electron chi connectivity index (χ4n) is 2.64. The van der Waals surface area contributed by atoms with Crippen molar-refractivity contribution in [3.05, 3.63) is 0 Å². The summed E-state index contributed by atoms with van der Waals surface area (Å²) in [5.74, 6) is -0.903. The first-order valence-electron chi connectivity index (χ1n) is 9.58. The van der Waals surface area contributed by atoms with Gasteiger partial charge in [-0.2, -0.15) is 0 Å². The Bertz CT molecular complexity index is 287. The van der Waals surface area contributed by atoms with Crippen LogP contribution in [0.4, 0.5) is 4.79 Å². The summed E-state index contributed by atoms with van der Waals surface area (Å²) in [6.07, 6.45) is 17.5. The molecule has 0 saturated heterocycles. The molecule has 7 heteroatoms. The molecule has 5 nitrogen and oxygen atoms in total. The molecule has 0 spiro atoms. The summed E-state index contributed by atoms with van der Waals surface area (Å²) < 4.78 is 0. The number of hydrogen-bond donors (Lipinski definition) is 0. The van der Waals surface area contributed by atoms with E-state index in [9.17, 15) is 9.90 Å². The first-order valence-corrected chi connectivity index (χ1v) is 9.58. The number of carbonyl (C=O) groups is 2. The van der Waals surface area contributed by atoms with E-state index in [2.05, 4.69) is 6.92 Å². The van der Waals surface area contributed by atoms with Crippen molar-refractivity contribution in [2.24, 2.45) is 0 Å². The van der Waals surface area contributed by atoms with Crippen molar-refractivity contribution >= 4 is 12.1 Å². The third kappa shape index (κ3) is 44.1. The summed E-state index contributed by atoms with van der Waals surface area (Å²) in [7, 11) is 0. The summed E-state index contributed by atoms with van der Waals surface area (Å²) in [5, 5.41) is 26.9. The molecule has 0 amide bonds. The first kappa shape index (κ1) is 33.8. The number of carbonyl (C=O) groups excluding carboxylic acids is 2. The van der Waals surface area contributed by atoms with Gasteiger partial charge in [0.05, 0.1) is 0 Å². The minimum atomic E-state index is -2.33. The molecule has 0 aromatic carbocycles. The van der Waals surface area contributed by atoms with Gasteiger partial charge in [0.15, 0.2) is 0 Å². The van der Waals surface area contributed by atoms with E-state index in [1.165, 1.54) is 83.5 Å². The van der Waals surface area contributed by atoms with E-state index in [1.807, 2.05) is 0 Å². The van der Waals surface area contributed by atoms with Gasteiger partial charge in [-0.3, -0.25) is 0 Å². The molecule has 1 radical (unpaired) electrons. The van der Waals surface area contributed by atoms with E-state index < -0.39 is 12.1 Å². The fourth-order valence-corrected chi connectivity index (χ4v) is 2.64. The number of aliphatic carboxylic acids is 1. The maximum Gasteiger partial charge on any atom is 2.00 e. The van der Waals surface area contributed by atoms with Gasteiger partial charge in [-0.25, -0.2) is 0 Å². The van der Waals surface area contributed by atoms with Gasteiger partial charge in [0, 0.05) is 5.97 Å². The molecule has 0 atom stereocenters. The second-order valence-corrected chi connectivity index (χ2v) is 6.32. The minimum Gasteiger partial charge on any atom is -0.652 e. The van der Waals surface area contributed by atoms with Crippen LogP contribution in [0.3, 0.4) is 0 Å². The zero-order valence-electron chi connectivity index (χ0n) is 16.7. The second-order valence-electron chi connectivity index (χ2n) is 6.32. The van der Waals surface area contributed by atoms with Crippen molar-refractivity contribution in [3.63, 3.8) is 0 Å². The summed E-state index contributed by atoms with van der Waals surface area (Å²) in [4.78, 5) is 18.6. The van der Waals surface area contributed by atoms with Crippen LogP contribution in [0.5, 0.6) is 0 Å². The molecule has 0 bridgehead atoms. The molecule has 0 aliphatic heterocycles. The number of hydrogen-bond acceptors (Lipinski definition) is 5. The summed E-state index contributed by atoms with van der Waals surface area (Å²) >= 11 is 0. The number of carboxylic acid groups (broad SMARTS) is 3. The minimum absolute atomic E-state index is 0. The van der Waals surface area contributed by atoms with E-state index in [0.717, 1.165) is 12.8 Å². The Balaban J connectivity index is -0.000000363. The molecule has 0 aliphatic carbocycles. The summed E-state index contributed by atoms with van der Waals surface area (Å²) in [5.41, 5.74) is 0. The third-order valence-corrected chi connectivity index (χ3v) is 3.98. The maximum absolute atomic E-state index is 10.2. The molecule has 0 aliphatic rings. The number of rotatable bonds is 16. The molecule has 0 aromatic heterocycles. The molecule has 0 saturated carbocycles. The molecule has 0 fully saturated rings. The summed E-state index contributed by atoms with van der Waals surface area (Å²) in [6, 6.07) is 0. The van der Waals surface area contributed by atoms with E-state index in [-0.39, 0.29) is 53.0 Å². The number of carboxylic acids is 1. The topological polar surface area (TPSA) is 103 Å². The zero-order chi connectivity index (χ0) is 18.5. The van der Waals surface area contributed by atoms with E-state index in [1.54, 1.807) is 0 Å². The molecular formula is C19H35MnNaO5. The van der Waals surface area contributed by atoms with Crippen LogP contribution in [-0.4, -0.2) is 12.1 Å². The van der Waals surface area contributed by atoms with Crippen LogP contribution in [0.15, 0.2) is 0 Å². The normalized spacial score (nSPS) is 9.27. The van der Waals surface area contributed by atoms with Crippen LogP contribution in [-0.2, 0) is 21.9 Å². The molecule has 0 N–H and O–H groups in total. The molecule has 0 rings (SSSR count). The van der Waals surface area contributed by atoms with Crippen LogP contribution < -0.4 is 44.9 Å². The smallest absolute Gasteiger partial charge is 0.652 e. The molecule has 149 valence electrons. The Hall–Kier alpha value is 0.259. The predicted molar refractivity (Wildman–Crippen MR) is 89.9 cm³/mol. The van der Waals surface area contributed by atoms with E-state index in [0.29, 0.717) is 0 Å². The van der Waals surface area contributed by atoms with Crippen LogP contribution in [0.25, 0.3) is 0 Å². The van der Waals surface area contributed by atoms with Crippen LogP contribution in [0.1, 0.15) is 110 Å². The predicted octanol–water partition coefficient (Wildman–Crippen LogP) is -0.448. The SMILES string of the molecule is CCCCCCCCCCCCCCCCCC(=O)[O-].O=C([O-])[O-].[Mn+2].[Na+]. The van der Waals surface area contributed by atoms with Gasteiger partial charge in [0.25, 0.3) is 0 Å². The Labute approximate surface area is 192 Å². The molecular weight excluding hydrogens is 386 g/mol. The standard InChI is InChI=1S/C18H36O2.CH2O3.Mn.Na/c1-2-3-4-5-6-7-8-9-10-11-12-13-14-15-16-17-18(19)20;2-1(3)4;;/h2-17H2,1H3,(H,19,20);(H2,2,3,4);;/q;;+2;+1/p-3. The average Bonchev–Trinajstić information content (AvgIpc) is 2.50. The van der Waals surface area contributed by atoms with Crippen molar-refractivity contribution in [3.8, 4) is 0 Å². The van der Waals surface area contributed by atoms with Gasteiger partial charge in [-0.05, 0) is 19.0 Å². The Morgan fingerprint density at radius 3 is 1.04 bits per heavy atom. The summed E-state index contributed by atoms with van der Waals surface area (Å²) in [6.45, 7) is 2.27. The van der Waals surface area contributed by atoms with Gasteiger partial charge in [0.1, 0.15) is 0 Å². The van der Waals surface area contributed by atoms with Crippen molar-refractivity contribution in [1.82, 2.24) is 0 Å². The second kappa shape index (κ2) is 30.0. The quantitative estimate of drug-likeness (QED) is 0.248. The largest absolute Gasteiger partial charge is 2.00 e. The molecule has 0 aromatic rings. The van der Waals surface area contributed by atoms with Crippen LogP contribution in [0.2, 0.25) is 0 Å². The van der Waals surface area contributed by atoms with Crippen molar-refractivity contribution in [2.45, 2.75) is 110 Å². The van der Waals surface area contributed by atoms with Gasteiger partial charge < -0.3 is 24.9 Å². The Morgan fingerprint density at radius 2 is 0.808 bits per heavy atom. The van der Waals surface area contributed by atoms with Crippen LogP contribution >= 0.6 is 0 Å². The van der Waals surface area contributed by atoms with E-state index in [4.69, 9.17) is 15.0 Å². The fraction of sp³-hybridized carbons (Fsp3) is 0.895. The molecule has 26 heavy (non-hydrogen) atoms. The zero-order valence-corrected chi connectivity index (χ0v) is 19.9. The molecule has 0 heterocycles. The maximum atomic E-state index is 10.2. The van der Waals surface area contributed by atoms with Gasteiger partial charge >= 0.3 is 46.6 Å². The monoisotopic (exact) mass is 421 g/mol. The van der Waals surface area contributed by atoms with Gasteiger partial charge in [0.2, 0.25) is 0 Å². The van der Waals surface area contributed by atoms with Crippen molar-refractivity contribution < 1.29 is 71.5 Å². The number of unbranched alkanes of at least 4 members (excludes halogenated alkanes) is 14. The third-order valence-electron chi connectivity index (χ3n) is 3.98. The van der Waals surface area contributed by atoms with Crippen molar-refractivity contribution in [1.29, 1.82) is 0 Å². The van der Waals surface area contributed by atoms with Crippen molar-refractivity contribution in [2.75, 3.05) is 0 Å². The molecule has 0 unspecified atom stereocenters. The van der Waals surface area contributed by atoms with E-state index >= 15 is 0 Å². The Morgan fingerprint density at radius 1 is 0.577 bits per heavy atom. The first-order chi connectivity index (χ1) is 11.5. The van der Waals surface area contributed by atoms with Crippen LogP contribution in [0, 0.1) is 0 Å².